The lowest BCUT2D eigenvalue weighted by atomic mass is 10.1. The Morgan fingerprint density at radius 3 is 2.40 bits per heavy atom. The smallest absolute Gasteiger partial charge is 0.295 e. The maximum atomic E-state index is 12.9. The highest BCUT2D eigenvalue weighted by Gasteiger charge is 2.19. The average molecular weight is 461 g/mol. The molecule has 1 amide bonds. The molecule has 30 heavy (non-hydrogen) atoms. The molecule has 0 aliphatic heterocycles. The molecule has 150 valence electrons. The average Bonchev–Trinajstić information content (AvgIpc) is 3.16. The Labute approximate surface area is 183 Å². The number of carbonyl (C=O) groups excluding carboxylic acids is 1. The molecule has 0 fully saturated rings. The zero-order valence-electron chi connectivity index (χ0n) is 17.0. The second-order valence-electron chi connectivity index (χ2n) is 7.29. The first-order chi connectivity index (χ1) is 14.4. The van der Waals surface area contributed by atoms with E-state index in [1.165, 1.54) is 0 Å². The molecule has 0 unspecified atom stereocenters. The number of hydrogen-bond acceptors (Lipinski definition) is 3. The van der Waals surface area contributed by atoms with E-state index in [0.29, 0.717) is 5.82 Å². The Morgan fingerprint density at radius 1 is 0.933 bits per heavy atom. The summed E-state index contributed by atoms with van der Waals surface area (Å²) in [5.74, 6) is 0.396. The zero-order valence-corrected chi connectivity index (χ0v) is 18.6. The number of anilines is 1. The molecule has 0 aliphatic carbocycles. The van der Waals surface area contributed by atoms with Gasteiger partial charge in [-0.15, -0.1) is 5.10 Å². The van der Waals surface area contributed by atoms with Gasteiger partial charge in [-0.2, -0.15) is 0 Å². The molecule has 0 saturated heterocycles. The number of carbonyl (C=O) groups is 1. The monoisotopic (exact) mass is 460 g/mol. The van der Waals surface area contributed by atoms with E-state index in [-0.39, 0.29) is 11.7 Å². The zero-order chi connectivity index (χ0) is 21.3. The fourth-order valence-electron chi connectivity index (χ4n) is 3.18. The number of nitrogens with one attached hydrogen (secondary N) is 1. The Hall–Kier alpha value is -3.25. The van der Waals surface area contributed by atoms with Gasteiger partial charge in [0.1, 0.15) is 0 Å². The second-order valence-corrected chi connectivity index (χ2v) is 8.20. The number of aromatic nitrogens is 3. The van der Waals surface area contributed by atoms with Gasteiger partial charge in [-0.1, -0.05) is 57.9 Å². The molecule has 4 rings (SSSR count). The maximum Gasteiger partial charge on any atom is 0.295 e. The van der Waals surface area contributed by atoms with Crippen LogP contribution >= 0.6 is 15.9 Å². The van der Waals surface area contributed by atoms with Crippen LogP contribution in [0.1, 0.15) is 27.3 Å². The molecule has 5 nitrogen and oxygen atoms in total. The SMILES string of the molecule is Cc1ccc(-c2nc(C(=O)Nc3ccc(Br)cc3C)nn2-c2cccc(C)c2)cc1. The summed E-state index contributed by atoms with van der Waals surface area (Å²) in [4.78, 5) is 17.5. The minimum atomic E-state index is -0.347. The van der Waals surface area contributed by atoms with E-state index >= 15 is 0 Å². The van der Waals surface area contributed by atoms with E-state index in [4.69, 9.17) is 0 Å². The molecular formula is C24H21BrN4O. The molecule has 0 radical (unpaired) electrons. The first-order valence-electron chi connectivity index (χ1n) is 9.59. The summed E-state index contributed by atoms with van der Waals surface area (Å²) in [6.45, 7) is 6.00. The number of aryl methyl sites for hydroxylation is 3. The number of hydrogen-bond donors (Lipinski definition) is 1. The van der Waals surface area contributed by atoms with Gasteiger partial charge in [0.25, 0.3) is 5.91 Å². The van der Waals surface area contributed by atoms with Gasteiger partial charge >= 0.3 is 0 Å². The summed E-state index contributed by atoms with van der Waals surface area (Å²) in [6.07, 6.45) is 0. The highest BCUT2D eigenvalue weighted by Crippen LogP contribution is 2.24. The summed E-state index contributed by atoms with van der Waals surface area (Å²) in [5.41, 5.74) is 5.70. The summed E-state index contributed by atoms with van der Waals surface area (Å²) < 4.78 is 2.68. The Morgan fingerprint density at radius 2 is 1.70 bits per heavy atom. The molecule has 1 N–H and O–H groups in total. The van der Waals surface area contributed by atoms with Gasteiger partial charge in [0.05, 0.1) is 5.69 Å². The minimum Gasteiger partial charge on any atom is -0.319 e. The lowest BCUT2D eigenvalue weighted by Gasteiger charge is -2.07. The first-order valence-corrected chi connectivity index (χ1v) is 10.4. The van der Waals surface area contributed by atoms with E-state index in [2.05, 4.69) is 31.3 Å². The fraction of sp³-hybridized carbons (Fsp3) is 0.125. The van der Waals surface area contributed by atoms with E-state index in [1.807, 2.05) is 87.5 Å². The lowest BCUT2D eigenvalue weighted by Crippen LogP contribution is -2.15. The van der Waals surface area contributed by atoms with E-state index < -0.39 is 0 Å². The van der Waals surface area contributed by atoms with E-state index in [1.54, 1.807) is 4.68 Å². The van der Waals surface area contributed by atoms with E-state index in [0.717, 1.165) is 38.1 Å². The van der Waals surface area contributed by atoms with Crippen LogP contribution in [0, 0.1) is 20.8 Å². The predicted molar refractivity (Wildman–Crippen MR) is 123 cm³/mol. The Balaban J connectivity index is 1.76. The third-order valence-electron chi connectivity index (χ3n) is 4.80. The van der Waals surface area contributed by atoms with Crippen molar-refractivity contribution in [2.75, 3.05) is 5.32 Å². The van der Waals surface area contributed by atoms with Crippen LogP contribution in [0.15, 0.2) is 71.2 Å². The van der Waals surface area contributed by atoms with Crippen molar-refractivity contribution in [3.8, 4) is 17.1 Å². The topological polar surface area (TPSA) is 59.8 Å². The maximum absolute atomic E-state index is 12.9. The third kappa shape index (κ3) is 4.19. The van der Waals surface area contributed by atoms with Crippen molar-refractivity contribution in [2.45, 2.75) is 20.8 Å². The standard InChI is InChI=1S/C24H21BrN4O/c1-15-7-9-18(10-8-15)23-27-22(28-29(23)20-6-4-5-16(2)13-20)24(30)26-21-12-11-19(25)14-17(21)3/h4-14H,1-3H3,(H,26,30). The van der Waals surface area contributed by atoms with E-state index in [9.17, 15) is 4.79 Å². The van der Waals surface area contributed by atoms with Crippen molar-refractivity contribution in [3.05, 3.63) is 93.7 Å². The number of amides is 1. The van der Waals surface area contributed by atoms with Gasteiger partial charge in [-0.25, -0.2) is 9.67 Å². The van der Waals surface area contributed by atoms with Crippen LogP contribution in [0.4, 0.5) is 5.69 Å². The van der Waals surface area contributed by atoms with Crippen LogP contribution in [-0.4, -0.2) is 20.7 Å². The number of rotatable bonds is 4. The second kappa shape index (κ2) is 8.24. The highest BCUT2D eigenvalue weighted by molar-refractivity contribution is 9.10. The molecule has 0 aliphatic rings. The van der Waals surface area contributed by atoms with Crippen LogP contribution in [0.25, 0.3) is 17.1 Å². The fourth-order valence-corrected chi connectivity index (χ4v) is 3.66. The van der Waals surface area contributed by atoms with Crippen molar-refractivity contribution >= 4 is 27.5 Å². The van der Waals surface area contributed by atoms with Crippen LogP contribution < -0.4 is 5.32 Å². The number of halogens is 1. The van der Waals surface area contributed by atoms with Gasteiger partial charge < -0.3 is 5.32 Å². The molecular weight excluding hydrogens is 440 g/mol. The molecule has 6 heteroatoms. The summed E-state index contributed by atoms with van der Waals surface area (Å²) >= 11 is 3.44. The van der Waals surface area contributed by atoms with Crippen LogP contribution in [0.3, 0.4) is 0 Å². The van der Waals surface area contributed by atoms with Crippen molar-refractivity contribution in [1.29, 1.82) is 0 Å². The normalized spacial score (nSPS) is 10.8. The van der Waals surface area contributed by atoms with Crippen molar-refractivity contribution in [1.82, 2.24) is 14.8 Å². The van der Waals surface area contributed by atoms with Crippen molar-refractivity contribution in [3.63, 3.8) is 0 Å². The lowest BCUT2D eigenvalue weighted by molar-refractivity contribution is 0.101. The Kier molecular flexibility index (Phi) is 5.50. The molecule has 1 aromatic heterocycles. The van der Waals surface area contributed by atoms with Gasteiger partial charge in [0, 0.05) is 15.7 Å². The summed E-state index contributed by atoms with van der Waals surface area (Å²) in [5, 5.41) is 7.47. The van der Waals surface area contributed by atoms with Gasteiger partial charge in [0.2, 0.25) is 5.82 Å². The van der Waals surface area contributed by atoms with Gasteiger partial charge in [-0.05, 0) is 62.2 Å². The molecule has 0 atom stereocenters. The quantitative estimate of drug-likeness (QED) is 0.413. The highest BCUT2D eigenvalue weighted by atomic mass is 79.9. The largest absolute Gasteiger partial charge is 0.319 e. The molecule has 3 aromatic carbocycles. The van der Waals surface area contributed by atoms with Crippen LogP contribution in [0.2, 0.25) is 0 Å². The molecule has 0 saturated carbocycles. The molecule has 1 heterocycles. The number of benzene rings is 3. The van der Waals surface area contributed by atoms with Crippen molar-refractivity contribution in [2.24, 2.45) is 0 Å². The van der Waals surface area contributed by atoms with Gasteiger partial charge in [0.15, 0.2) is 5.82 Å². The van der Waals surface area contributed by atoms with Crippen molar-refractivity contribution < 1.29 is 4.79 Å². The molecule has 0 spiro atoms. The third-order valence-corrected chi connectivity index (χ3v) is 5.30. The number of nitrogens with zero attached hydrogens (tertiary/aromatic N) is 3. The van der Waals surface area contributed by atoms with Gasteiger partial charge in [-0.3, -0.25) is 4.79 Å². The summed E-state index contributed by atoms with van der Waals surface area (Å²) in [6, 6.07) is 21.7. The van der Waals surface area contributed by atoms with Crippen LogP contribution in [-0.2, 0) is 0 Å². The molecule has 0 bridgehead atoms. The summed E-state index contributed by atoms with van der Waals surface area (Å²) in [7, 11) is 0. The van der Waals surface area contributed by atoms with Crippen LogP contribution in [0.5, 0.6) is 0 Å². The predicted octanol–water partition coefficient (Wildman–Crippen LogP) is 5.87. The Bertz CT molecular complexity index is 1230. The first kappa shape index (κ1) is 20.0. The molecule has 4 aromatic rings. The minimum absolute atomic E-state index is 0.120.